The van der Waals surface area contributed by atoms with Crippen LogP contribution in [-0.4, -0.2) is 35.7 Å². The Morgan fingerprint density at radius 3 is 2.57 bits per heavy atom. The van der Waals surface area contributed by atoms with E-state index in [-0.39, 0.29) is 5.91 Å². The van der Waals surface area contributed by atoms with Crippen molar-refractivity contribution in [1.82, 2.24) is 14.9 Å². The van der Waals surface area contributed by atoms with E-state index in [1.807, 2.05) is 54.6 Å². The minimum Gasteiger partial charge on any atom is -0.497 e. The van der Waals surface area contributed by atoms with Crippen LogP contribution in [0.25, 0.3) is 11.0 Å². The number of hydrogen-bond acceptors (Lipinski definition) is 4. The molecule has 0 aliphatic rings. The molecule has 3 aromatic carbocycles. The van der Waals surface area contributed by atoms with E-state index in [4.69, 9.17) is 14.5 Å². The maximum atomic E-state index is 12.4. The third-order valence-corrected chi connectivity index (χ3v) is 6.28. The minimum atomic E-state index is -0.0586. The number of aromatic nitrogens is 2. The zero-order chi connectivity index (χ0) is 24.5. The van der Waals surface area contributed by atoms with Gasteiger partial charge in [-0.2, -0.15) is 0 Å². The third kappa shape index (κ3) is 6.85. The molecule has 1 amide bonds. The van der Waals surface area contributed by atoms with Crippen molar-refractivity contribution < 1.29 is 14.3 Å². The number of aryl methyl sites for hydroxylation is 2. The Labute approximate surface area is 214 Å². The van der Waals surface area contributed by atoms with Gasteiger partial charge in [-0.15, -0.1) is 0 Å². The summed E-state index contributed by atoms with van der Waals surface area (Å²) in [6.45, 7) is 2.15. The van der Waals surface area contributed by atoms with Crippen molar-refractivity contribution in [2.75, 3.05) is 20.3 Å². The maximum absolute atomic E-state index is 12.4. The van der Waals surface area contributed by atoms with Gasteiger partial charge < -0.3 is 19.4 Å². The van der Waals surface area contributed by atoms with E-state index in [9.17, 15) is 4.79 Å². The molecular formula is C28H30BrN3O3. The summed E-state index contributed by atoms with van der Waals surface area (Å²) < 4.78 is 14.3. The van der Waals surface area contributed by atoms with Crippen LogP contribution in [0.2, 0.25) is 0 Å². The number of carbonyl (C=O) groups excluding carboxylic acids is 1. The lowest BCUT2D eigenvalue weighted by Gasteiger charge is -2.11. The number of hydrogen-bond donors (Lipinski definition) is 1. The van der Waals surface area contributed by atoms with Crippen molar-refractivity contribution in [1.29, 1.82) is 0 Å². The summed E-state index contributed by atoms with van der Waals surface area (Å²) in [6.07, 6.45) is 3.56. The molecular weight excluding hydrogens is 506 g/mol. The van der Waals surface area contributed by atoms with Crippen LogP contribution >= 0.6 is 15.9 Å². The monoisotopic (exact) mass is 535 g/mol. The highest BCUT2D eigenvalue weighted by atomic mass is 79.9. The van der Waals surface area contributed by atoms with E-state index in [0.29, 0.717) is 18.7 Å². The number of benzene rings is 3. The molecule has 7 heteroatoms. The molecule has 6 nitrogen and oxygen atoms in total. The Kier molecular flexibility index (Phi) is 8.79. The fraction of sp³-hybridized carbons (Fsp3) is 0.286. The number of nitrogens with zero attached hydrogens (tertiary/aromatic N) is 2. The van der Waals surface area contributed by atoms with Gasteiger partial charge in [0.15, 0.2) is 0 Å². The number of amides is 1. The molecule has 0 saturated heterocycles. The van der Waals surface area contributed by atoms with Gasteiger partial charge in [-0.05, 0) is 73.9 Å². The smallest absolute Gasteiger partial charge is 0.251 e. The van der Waals surface area contributed by atoms with Gasteiger partial charge in [0.2, 0.25) is 0 Å². The summed E-state index contributed by atoms with van der Waals surface area (Å²) in [5, 5.41) is 3.01. The molecule has 0 spiro atoms. The van der Waals surface area contributed by atoms with Crippen LogP contribution in [0.4, 0.5) is 0 Å². The molecule has 0 aliphatic heterocycles. The second-order valence-electron chi connectivity index (χ2n) is 8.27. The molecule has 4 rings (SSSR count). The number of methoxy groups -OCH3 is 1. The van der Waals surface area contributed by atoms with Crippen LogP contribution in [-0.2, 0) is 13.0 Å². The number of nitrogens with one attached hydrogen (secondary N) is 1. The number of imidazole rings is 1. The number of para-hydroxylation sites is 2. The molecule has 0 unspecified atom stereocenters. The molecule has 0 fully saturated rings. The number of halogens is 1. The van der Waals surface area contributed by atoms with Crippen LogP contribution < -0.4 is 14.8 Å². The van der Waals surface area contributed by atoms with Gasteiger partial charge in [-0.3, -0.25) is 4.79 Å². The number of rotatable bonds is 12. The summed E-state index contributed by atoms with van der Waals surface area (Å²) >= 11 is 3.41. The predicted molar refractivity (Wildman–Crippen MR) is 142 cm³/mol. The number of unbranched alkanes of at least 4 members (excludes halogenated alkanes) is 1. The fourth-order valence-electron chi connectivity index (χ4n) is 3.98. The molecule has 0 aliphatic carbocycles. The van der Waals surface area contributed by atoms with Crippen molar-refractivity contribution in [3.8, 4) is 11.5 Å². The summed E-state index contributed by atoms with van der Waals surface area (Å²) in [7, 11) is 1.66. The van der Waals surface area contributed by atoms with Crippen LogP contribution in [0.1, 0.15) is 35.4 Å². The summed E-state index contributed by atoms with van der Waals surface area (Å²) in [5.41, 5.74) is 2.82. The third-order valence-electron chi connectivity index (χ3n) is 5.79. The Bertz CT molecular complexity index is 1250. The van der Waals surface area contributed by atoms with Gasteiger partial charge >= 0.3 is 0 Å². The Hall–Kier alpha value is -3.32. The van der Waals surface area contributed by atoms with Crippen LogP contribution in [0.5, 0.6) is 11.5 Å². The lowest BCUT2D eigenvalue weighted by Crippen LogP contribution is -2.25. The van der Waals surface area contributed by atoms with E-state index >= 15 is 0 Å². The Morgan fingerprint density at radius 2 is 1.77 bits per heavy atom. The van der Waals surface area contributed by atoms with Crippen LogP contribution in [0.3, 0.4) is 0 Å². The molecule has 4 aromatic rings. The SMILES string of the molecule is COc1ccc(OCCCCn2c(CCCNC(=O)c3cccc(Br)c3)nc3ccccc32)cc1. The first-order chi connectivity index (χ1) is 17.1. The molecule has 1 aromatic heterocycles. The van der Waals surface area contributed by atoms with E-state index in [0.717, 1.165) is 65.1 Å². The maximum Gasteiger partial charge on any atom is 0.251 e. The molecule has 0 radical (unpaired) electrons. The average Bonchev–Trinajstić information content (AvgIpc) is 3.24. The van der Waals surface area contributed by atoms with Crippen molar-refractivity contribution >= 4 is 32.9 Å². The van der Waals surface area contributed by atoms with E-state index in [2.05, 4.69) is 44.0 Å². The van der Waals surface area contributed by atoms with Crippen molar-refractivity contribution in [3.63, 3.8) is 0 Å². The Balaban J connectivity index is 1.28. The minimum absolute atomic E-state index is 0.0586. The van der Waals surface area contributed by atoms with Gasteiger partial charge in [0.05, 0.1) is 24.8 Å². The van der Waals surface area contributed by atoms with Crippen molar-refractivity contribution in [2.24, 2.45) is 0 Å². The molecule has 35 heavy (non-hydrogen) atoms. The second-order valence-corrected chi connectivity index (χ2v) is 9.18. The Morgan fingerprint density at radius 1 is 0.971 bits per heavy atom. The highest BCUT2D eigenvalue weighted by molar-refractivity contribution is 9.10. The average molecular weight is 536 g/mol. The van der Waals surface area contributed by atoms with Gasteiger partial charge in [0.1, 0.15) is 17.3 Å². The number of carbonyl (C=O) groups is 1. The highest BCUT2D eigenvalue weighted by Gasteiger charge is 2.11. The van der Waals surface area contributed by atoms with Crippen LogP contribution in [0.15, 0.2) is 77.3 Å². The van der Waals surface area contributed by atoms with E-state index in [1.165, 1.54) is 0 Å². The van der Waals surface area contributed by atoms with Gasteiger partial charge in [0, 0.05) is 29.5 Å². The summed E-state index contributed by atoms with van der Waals surface area (Å²) in [5.74, 6) is 2.67. The van der Waals surface area contributed by atoms with E-state index < -0.39 is 0 Å². The van der Waals surface area contributed by atoms with Crippen molar-refractivity contribution in [3.05, 3.63) is 88.7 Å². The van der Waals surface area contributed by atoms with Gasteiger partial charge in [0.25, 0.3) is 5.91 Å². The topological polar surface area (TPSA) is 65.4 Å². The molecule has 182 valence electrons. The van der Waals surface area contributed by atoms with Gasteiger partial charge in [-0.1, -0.05) is 34.1 Å². The van der Waals surface area contributed by atoms with E-state index in [1.54, 1.807) is 7.11 Å². The molecule has 1 heterocycles. The van der Waals surface area contributed by atoms with Crippen LogP contribution in [0, 0.1) is 0 Å². The normalized spacial score (nSPS) is 10.9. The molecule has 0 bridgehead atoms. The highest BCUT2D eigenvalue weighted by Crippen LogP contribution is 2.20. The zero-order valence-corrected chi connectivity index (χ0v) is 21.5. The number of ether oxygens (including phenoxy) is 2. The molecule has 0 atom stereocenters. The first-order valence-corrected chi connectivity index (χ1v) is 12.7. The first-order valence-electron chi connectivity index (χ1n) is 11.9. The number of fused-ring (bicyclic) bond motifs is 1. The zero-order valence-electron chi connectivity index (χ0n) is 19.9. The standard InChI is InChI=1S/C28H30BrN3O3/c1-34-23-13-15-24(16-14-23)35-19-5-4-18-32-26-11-3-2-10-25(26)31-27(32)12-7-17-30-28(33)21-8-6-9-22(29)20-21/h2-3,6,8-11,13-16,20H,4-5,7,12,17-19H2,1H3,(H,30,33). The summed E-state index contributed by atoms with van der Waals surface area (Å²) in [6, 6.07) is 23.3. The lowest BCUT2D eigenvalue weighted by molar-refractivity contribution is 0.0953. The summed E-state index contributed by atoms with van der Waals surface area (Å²) in [4.78, 5) is 17.2. The quantitative estimate of drug-likeness (QED) is 0.225. The second kappa shape index (κ2) is 12.4. The predicted octanol–water partition coefficient (Wildman–Crippen LogP) is 6.03. The molecule has 1 N–H and O–H groups in total. The fourth-order valence-corrected chi connectivity index (χ4v) is 4.38. The first kappa shape index (κ1) is 24.8. The molecule has 0 saturated carbocycles. The van der Waals surface area contributed by atoms with Gasteiger partial charge in [-0.25, -0.2) is 4.98 Å². The largest absolute Gasteiger partial charge is 0.497 e. The lowest BCUT2D eigenvalue weighted by atomic mass is 10.2. The van der Waals surface area contributed by atoms with Crippen molar-refractivity contribution in [2.45, 2.75) is 32.2 Å².